The van der Waals surface area contributed by atoms with E-state index in [1.165, 1.54) is 11.0 Å². The Labute approximate surface area is 231 Å². The molecule has 1 unspecified atom stereocenters. The highest BCUT2D eigenvalue weighted by Crippen LogP contribution is 2.40. The van der Waals surface area contributed by atoms with Crippen molar-refractivity contribution in [3.63, 3.8) is 0 Å². The van der Waals surface area contributed by atoms with Crippen LogP contribution in [0, 0.1) is 5.92 Å². The summed E-state index contributed by atoms with van der Waals surface area (Å²) in [7, 11) is 0. The Morgan fingerprint density at radius 2 is 1.65 bits per heavy atom. The minimum atomic E-state index is -1.64. The number of ether oxygens (including phenoxy) is 1. The summed E-state index contributed by atoms with van der Waals surface area (Å²) in [5, 5.41) is 22.0. The van der Waals surface area contributed by atoms with Gasteiger partial charge in [0.1, 0.15) is 16.1 Å². The summed E-state index contributed by atoms with van der Waals surface area (Å²) >= 11 is 10.9. The summed E-state index contributed by atoms with van der Waals surface area (Å²) in [5.41, 5.74) is -1.82. The number of aliphatic hydroxyl groups is 1. The number of halogens is 2. The fraction of sp³-hybridized carbons (Fsp3) is 0.680. The van der Waals surface area contributed by atoms with Crippen LogP contribution in [-0.4, -0.2) is 78.7 Å². The van der Waals surface area contributed by atoms with Gasteiger partial charge in [0.2, 0.25) is 0 Å². The average Bonchev–Trinajstić information content (AvgIpc) is 2.75. The predicted molar refractivity (Wildman–Crippen MR) is 144 cm³/mol. The number of benzene rings is 1. The first kappa shape index (κ1) is 30.1. The third kappa shape index (κ3) is 7.16. The number of hydrogen-bond acceptors (Lipinski definition) is 7. The van der Waals surface area contributed by atoms with Crippen LogP contribution in [0.5, 0.6) is 5.75 Å². The van der Waals surface area contributed by atoms with Gasteiger partial charge in [-0.2, -0.15) is 0 Å². The number of rotatable bonds is 5. The van der Waals surface area contributed by atoms with E-state index in [0.29, 0.717) is 31.5 Å². The van der Waals surface area contributed by atoms with E-state index in [4.69, 9.17) is 27.9 Å². The summed E-state index contributed by atoms with van der Waals surface area (Å²) in [6.07, 6.45) is 0.512. The molecular weight excluding hydrogens is 541 g/mol. The molecule has 0 bridgehead atoms. The molecule has 0 aromatic heterocycles. The van der Waals surface area contributed by atoms with E-state index in [1.54, 1.807) is 31.7 Å². The van der Waals surface area contributed by atoms with Gasteiger partial charge in [-0.15, -0.1) is 4.72 Å². The smallest absolute Gasteiger partial charge is 0.410 e. The van der Waals surface area contributed by atoms with Gasteiger partial charge in [-0.3, -0.25) is 4.79 Å². The molecule has 9 nitrogen and oxygen atoms in total. The van der Waals surface area contributed by atoms with Gasteiger partial charge in [0, 0.05) is 36.1 Å². The third-order valence-electron chi connectivity index (χ3n) is 6.45. The zero-order valence-electron chi connectivity index (χ0n) is 22.1. The summed E-state index contributed by atoms with van der Waals surface area (Å²) in [6, 6.07) is 2.45. The number of phenolic OH excluding ortho intramolecular Hbond substituents is 1. The monoisotopic (exact) mass is 577 g/mol. The molecule has 3 N–H and O–H groups in total. The van der Waals surface area contributed by atoms with E-state index < -0.39 is 45.4 Å². The molecule has 2 aliphatic rings. The average molecular weight is 579 g/mol. The maximum Gasteiger partial charge on any atom is 0.410 e. The number of β-amino-alcohol motifs (C(OH)–C–C–N with tert-alkyl or cyclic N) is 1. The van der Waals surface area contributed by atoms with Crippen LogP contribution in [0.2, 0.25) is 10.0 Å². The molecule has 12 heteroatoms. The van der Waals surface area contributed by atoms with E-state index in [1.807, 2.05) is 20.8 Å². The lowest BCUT2D eigenvalue weighted by Crippen LogP contribution is -2.71. The number of hydrogen-bond donors (Lipinski definition) is 3. The number of phenols is 1. The van der Waals surface area contributed by atoms with Gasteiger partial charge < -0.3 is 29.3 Å². The van der Waals surface area contributed by atoms with E-state index in [2.05, 4.69) is 4.72 Å². The van der Waals surface area contributed by atoms with Crippen LogP contribution >= 0.6 is 23.2 Å². The first-order valence-electron chi connectivity index (χ1n) is 12.3. The molecule has 1 aromatic rings. The third-order valence-corrected chi connectivity index (χ3v) is 8.75. The molecule has 2 heterocycles. The number of amides is 2. The van der Waals surface area contributed by atoms with Crippen LogP contribution in [0.15, 0.2) is 12.1 Å². The number of piperidine rings is 1. The number of carbonyl (C=O) groups excluding carboxylic acids is 2. The molecule has 2 amide bonds. The minimum Gasteiger partial charge on any atom is -0.598 e. The Balaban J connectivity index is 1.68. The first-order valence-corrected chi connectivity index (χ1v) is 14.2. The molecule has 37 heavy (non-hydrogen) atoms. The van der Waals surface area contributed by atoms with Gasteiger partial charge in [0.05, 0.1) is 29.2 Å². The van der Waals surface area contributed by atoms with Crippen molar-refractivity contribution in [1.29, 1.82) is 0 Å². The zero-order valence-corrected chi connectivity index (χ0v) is 24.5. The first-order chi connectivity index (χ1) is 16.9. The van der Waals surface area contributed by atoms with Crippen molar-refractivity contribution in [2.45, 2.75) is 76.4 Å². The summed E-state index contributed by atoms with van der Waals surface area (Å²) in [6.45, 7) is 11.3. The van der Waals surface area contributed by atoms with Gasteiger partial charge in [-0.1, -0.05) is 23.2 Å². The van der Waals surface area contributed by atoms with Crippen LogP contribution in [-0.2, 0) is 20.9 Å². The van der Waals surface area contributed by atoms with Crippen molar-refractivity contribution in [1.82, 2.24) is 14.5 Å². The van der Waals surface area contributed by atoms with Crippen LogP contribution in [0.25, 0.3) is 0 Å². The molecule has 0 radical (unpaired) electrons. The molecule has 0 spiro atoms. The Morgan fingerprint density at radius 1 is 1.11 bits per heavy atom. The minimum absolute atomic E-state index is 0.0534. The lowest BCUT2D eigenvalue weighted by molar-refractivity contribution is -0.170. The van der Waals surface area contributed by atoms with Crippen LogP contribution in [0.4, 0.5) is 4.79 Å². The fourth-order valence-corrected chi connectivity index (χ4v) is 5.65. The summed E-state index contributed by atoms with van der Waals surface area (Å²) in [4.78, 5) is 28.2. The van der Waals surface area contributed by atoms with Gasteiger partial charge in [-0.05, 0) is 66.4 Å². The molecular formula is C25H37Cl2N3O6S. The van der Waals surface area contributed by atoms with E-state index >= 15 is 0 Å². The second-order valence-electron chi connectivity index (χ2n) is 11.8. The lowest BCUT2D eigenvalue weighted by atomic mass is 9.84. The van der Waals surface area contributed by atoms with Crippen LogP contribution in [0.3, 0.4) is 0 Å². The Morgan fingerprint density at radius 3 is 2.16 bits per heavy atom. The van der Waals surface area contributed by atoms with Crippen molar-refractivity contribution in [2.24, 2.45) is 5.92 Å². The molecule has 208 valence electrons. The maximum absolute atomic E-state index is 13.1. The molecule has 3 rings (SSSR count). The van der Waals surface area contributed by atoms with Crippen molar-refractivity contribution in [3.8, 4) is 5.75 Å². The van der Waals surface area contributed by atoms with Gasteiger partial charge >= 0.3 is 6.09 Å². The molecule has 2 fully saturated rings. The molecule has 2 atom stereocenters. The topological polar surface area (TPSA) is 125 Å². The largest absolute Gasteiger partial charge is 0.598 e. The second kappa shape index (κ2) is 11.0. The van der Waals surface area contributed by atoms with E-state index in [9.17, 15) is 24.4 Å². The van der Waals surface area contributed by atoms with Gasteiger partial charge in [-0.25, -0.2) is 4.79 Å². The number of nitrogens with zero attached hydrogens (tertiary/aromatic N) is 2. The van der Waals surface area contributed by atoms with Crippen LogP contribution in [0.1, 0.15) is 66.0 Å². The Hall–Kier alpha value is -1.43. The van der Waals surface area contributed by atoms with Gasteiger partial charge in [0.15, 0.2) is 5.60 Å². The normalized spacial score (nSPS) is 20.3. The molecule has 1 aromatic carbocycles. The second-order valence-corrected chi connectivity index (χ2v) is 14.6. The molecule has 0 aliphatic carbocycles. The van der Waals surface area contributed by atoms with Crippen molar-refractivity contribution < 1.29 is 29.1 Å². The highest BCUT2D eigenvalue weighted by Gasteiger charge is 2.53. The standard InChI is InChI=1S/C25H37Cl2N3O6S/c1-23(2,3)36-22(33)30-13-25(34,14-30)21(32)29-9-7-15(8-10-29)20(28-37(35)24(4,5)6)16-11-17(26)18(27)12-19(16)31/h11-12,15,20,28,31,34H,7-10,13-14H2,1-6H3/t20?,37-/m0/s1. The Bertz CT molecular complexity index is 1010. The quantitative estimate of drug-likeness (QED) is 0.451. The molecule has 2 aliphatic heterocycles. The highest BCUT2D eigenvalue weighted by molar-refractivity contribution is 7.90. The summed E-state index contributed by atoms with van der Waals surface area (Å²) in [5.74, 6) is -0.555. The number of likely N-dealkylation sites (tertiary alicyclic amines) is 2. The van der Waals surface area contributed by atoms with E-state index in [0.717, 1.165) is 0 Å². The van der Waals surface area contributed by atoms with Crippen molar-refractivity contribution in [2.75, 3.05) is 26.2 Å². The van der Waals surface area contributed by atoms with Crippen molar-refractivity contribution >= 4 is 46.6 Å². The lowest BCUT2D eigenvalue weighted by Gasteiger charge is -2.48. The number of carbonyl (C=O) groups is 2. The maximum atomic E-state index is 13.1. The Kier molecular flexibility index (Phi) is 8.94. The molecule has 0 saturated carbocycles. The van der Waals surface area contributed by atoms with E-state index in [-0.39, 0.29) is 34.8 Å². The van der Waals surface area contributed by atoms with Crippen molar-refractivity contribution in [3.05, 3.63) is 27.7 Å². The van der Waals surface area contributed by atoms with Crippen LogP contribution < -0.4 is 4.72 Å². The number of aromatic hydroxyl groups is 1. The molecule has 2 saturated heterocycles. The number of nitrogens with one attached hydrogen (secondary N) is 1. The SMILES string of the molecule is CC(C)(C)OC(=O)N1CC(O)(C(=O)N2CCC(C(N[S@@+]([O-])C(C)(C)C)c3cc(Cl)c(Cl)cc3O)CC2)C1. The predicted octanol–water partition coefficient (Wildman–Crippen LogP) is 4.01. The zero-order chi connectivity index (χ0) is 27.9. The fourth-order valence-electron chi connectivity index (χ4n) is 4.41. The summed E-state index contributed by atoms with van der Waals surface area (Å²) < 4.78 is 20.9. The highest BCUT2D eigenvalue weighted by atomic mass is 35.5. The van der Waals surface area contributed by atoms with Gasteiger partial charge in [0.25, 0.3) is 5.91 Å².